The molecule has 1 saturated heterocycles. The highest BCUT2D eigenvalue weighted by atomic mass is 16.6. The van der Waals surface area contributed by atoms with Crippen molar-refractivity contribution in [3.63, 3.8) is 0 Å². The topological polar surface area (TPSA) is 149 Å². The van der Waals surface area contributed by atoms with Crippen molar-refractivity contribution >= 4 is 17.1 Å². The SMILES string of the molecule is CC(C)Oc1nc(N)nc2c1ncn2C1OC(CO)C(O)C1(C)O. The van der Waals surface area contributed by atoms with E-state index in [4.69, 9.17) is 15.2 Å². The number of imidazole rings is 1. The zero-order valence-electron chi connectivity index (χ0n) is 13.6. The van der Waals surface area contributed by atoms with Crippen molar-refractivity contribution in [2.24, 2.45) is 0 Å². The van der Waals surface area contributed by atoms with Crippen molar-refractivity contribution in [2.75, 3.05) is 12.3 Å². The van der Waals surface area contributed by atoms with Crippen LogP contribution in [0, 0.1) is 0 Å². The first-order valence-corrected chi connectivity index (χ1v) is 7.59. The Balaban J connectivity index is 2.10. The van der Waals surface area contributed by atoms with Crippen LogP contribution in [0.2, 0.25) is 0 Å². The predicted molar refractivity (Wildman–Crippen MR) is 83.1 cm³/mol. The van der Waals surface area contributed by atoms with Gasteiger partial charge in [0.15, 0.2) is 17.4 Å². The van der Waals surface area contributed by atoms with Crippen LogP contribution >= 0.6 is 0 Å². The Labute approximate surface area is 137 Å². The number of aliphatic hydroxyl groups is 3. The van der Waals surface area contributed by atoms with Gasteiger partial charge in [0, 0.05) is 0 Å². The smallest absolute Gasteiger partial charge is 0.247 e. The van der Waals surface area contributed by atoms with Crippen LogP contribution in [-0.4, -0.2) is 65.4 Å². The number of nitrogens with two attached hydrogens (primary N) is 1. The van der Waals surface area contributed by atoms with Crippen LogP contribution in [0.4, 0.5) is 5.95 Å². The van der Waals surface area contributed by atoms with Crippen molar-refractivity contribution in [3.05, 3.63) is 6.33 Å². The number of hydrogen-bond acceptors (Lipinski definition) is 9. The summed E-state index contributed by atoms with van der Waals surface area (Å²) in [7, 11) is 0. The third kappa shape index (κ3) is 2.57. The lowest BCUT2D eigenvalue weighted by atomic mass is 9.96. The summed E-state index contributed by atoms with van der Waals surface area (Å²) in [4.78, 5) is 12.4. The van der Waals surface area contributed by atoms with Gasteiger partial charge in [0.05, 0.1) is 19.0 Å². The third-order valence-electron chi connectivity index (χ3n) is 3.94. The summed E-state index contributed by atoms with van der Waals surface area (Å²) in [5.74, 6) is 0.208. The number of aromatic nitrogens is 4. The zero-order chi connectivity index (χ0) is 17.6. The number of anilines is 1. The molecule has 0 radical (unpaired) electrons. The molecule has 0 aromatic carbocycles. The molecule has 2 aromatic heterocycles. The minimum Gasteiger partial charge on any atom is -0.473 e. The van der Waals surface area contributed by atoms with Crippen LogP contribution in [0.15, 0.2) is 6.33 Å². The average Bonchev–Trinajstić information content (AvgIpc) is 2.99. The molecule has 24 heavy (non-hydrogen) atoms. The van der Waals surface area contributed by atoms with Gasteiger partial charge in [0.1, 0.15) is 17.8 Å². The summed E-state index contributed by atoms with van der Waals surface area (Å²) in [5, 5.41) is 30.0. The number of hydrogen-bond donors (Lipinski definition) is 4. The Kier molecular flexibility index (Phi) is 4.08. The van der Waals surface area contributed by atoms with Crippen molar-refractivity contribution in [1.29, 1.82) is 0 Å². The summed E-state index contributed by atoms with van der Waals surface area (Å²) >= 11 is 0. The number of nitrogens with zero attached hydrogens (tertiary/aromatic N) is 4. The fourth-order valence-corrected chi connectivity index (χ4v) is 2.77. The molecule has 132 valence electrons. The molecule has 3 heterocycles. The van der Waals surface area contributed by atoms with E-state index < -0.39 is 30.6 Å². The highest BCUT2D eigenvalue weighted by molar-refractivity contribution is 5.77. The first-order valence-electron chi connectivity index (χ1n) is 7.59. The van der Waals surface area contributed by atoms with Crippen molar-refractivity contribution in [2.45, 2.75) is 50.9 Å². The largest absolute Gasteiger partial charge is 0.473 e. The van der Waals surface area contributed by atoms with Gasteiger partial charge in [-0.1, -0.05) is 0 Å². The summed E-state index contributed by atoms with van der Waals surface area (Å²) in [6.07, 6.45) is -1.93. The van der Waals surface area contributed by atoms with Gasteiger partial charge in [-0.3, -0.25) is 4.57 Å². The Hall–Kier alpha value is -2.01. The van der Waals surface area contributed by atoms with E-state index >= 15 is 0 Å². The Morgan fingerprint density at radius 3 is 2.75 bits per heavy atom. The summed E-state index contributed by atoms with van der Waals surface area (Å²) in [6, 6.07) is 0. The van der Waals surface area contributed by atoms with E-state index in [-0.39, 0.29) is 17.9 Å². The second-order valence-electron chi connectivity index (χ2n) is 6.26. The zero-order valence-corrected chi connectivity index (χ0v) is 13.6. The normalized spacial score (nSPS) is 30.4. The first kappa shape index (κ1) is 16.8. The minimum atomic E-state index is -1.65. The molecule has 4 atom stereocenters. The molecule has 10 nitrogen and oxygen atoms in total. The Bertz CT molecular complexity index is 746. The molecule has 0 bridgehead atoms. The van der Waals surface area contributed by atoms with Gasteiger partial charge in [-0.15, -0.1) is 0 Å². The number of ether oxygens (including phenoxy) is 2. The van der Waals surface area contributed by atoms with Crippen LogP contribution in [0.1, 0.15) is 27.0 Å². The molecule has 0 aliphatic carbocycles. The molecule has 3 rings (SSSR count). The van der Waals surface area contributed by atoms with E-state index in [0.29, 0.717) is 11.2 Å². The fraction of sp³-hybridized carbons (Fsp3) is 0.643. The summed E-state index contributed by atoms with van der Waals surface area (Å²) in [6.45, 7) is 4.67. The number of fused-ring (bicyclic) bond motifs is 1. The van der Waals surface area contributed by atoms with Gasteiger partial charge in [-0.25, -0.2) is 4.98 Å². The molecular weight excluding hydrogens is 318 g/mol. The quantitative estimate of drug-likeness (QED) is 0.561. The molecule has 5 N–H and O–H groups in total. The van der Waals surface area contributed by atoms with Crippen LogP contribution in [0.25, 0.3) is 11.2 Å². The molecule has 1 aliphatic heterocycles. The number of aliphatic hydroxyl groups excluding tert-OH is 2. The molecule has 4 unspecified atom stereocenters. The van der Waals surface area contributed by atoms with E-state index in [9.17, 15) is 15.3 Å². The van der Waals surface area contributed by atoms with E-state index in [0.717, 1.165) is 0 Å². The third-order valence-corrected chi connectivity index (χ3v) is 3.94. The van der Waals surface area contributed by atoms with Gasteiger partial charge in [0.2, 0.25) is 11.8 Å². The van der Waals surface area contributed by atoms with Crippen molar-refractivity contribution in [3.8, 4) is 5.88 Å². The van der Waals surface area contributed by atoms with Gasteiger partial charge in [-0.2, -0.15) is 9.97 Å². The second-order valence-corrected chi connectivity index (χ2v) is 6.26. The van der Waals surface area contributed by atoms with Gasteiger partial charge in [-0.05, 0) is 20.8 Å². The molecule has 1 fully saturated rings. The molecule has 10 heteroatoms. The van der Waals surface area contributed by atoms with Crippen molar-refractivity contribution in [1.82, 2.24) is 19.5 Å². The van der Waals surface area contributed by atoms with Crippen LogP contribution in [0.3, 0.4) is 0 Å². The van der Waals surface area contributed by atoms with Crippen molar-refractivity contribution < 1.29 is 24.8 Å². The lowest BCUT2D eigenvalue weighted by Crippen LogP contribution is -2.44. The van der Waals surface area contributed by atoms with E-state index in [1.165, 1.54) is 17.8 Å². The number of rotatable bonds is 4. The van der Waals surface area contributed by atoms with Gasteiger partial charge in [0.25, 0.3) is 0 Å². The molecule has 0 saturated carbocycles. The van der Waals surface area contributed by atoms with Crippen LogP contribution in [-0.2, 0) is 4.74 Å². The molecule has 2 aromatic rings. The fourth-order valence-electron chi connectivity index (χ4n) is 2.77. The van der Waals surface area contributed by atoms with E-state index in [1.807, 2.05) is 13.8 Å². The Morgan fingerprint density at radius 2 is 2.17 bits per heavy atom. The maximum absolute atomic E-state index is 10.6. The molecule has 0 amide bonds. The molecule has 0 spiro atoms. The average molecular weight is 339 g/mol. The maximum Gasteiger partial charge on any atom is 0.247 e. The van der Waals surface area contributed by atoms with E-state index in [1.54, 1.807) is 0 Å². The first-order chi connectivity index (χ1) is 11.3. The maximum atomic E-state index is 10.6. The number of nitrogen functional groups attached to an aromatic ring is 1. The van der Waals surface area contributed by atoms with Crippen LogP contribution in [0.5, 0.6) is 5.88 Å². The monoisotopic (exact) mass is 339 g/mol. The van der Waals surface area contributed by atoms with E-state index in [2.05, 4.69) is 15.0 Å². The Morgan fingerprint density at radius 1 is 1.46 bits per heavy atom. The summed E-state index contributed by atoms with van der Waals surface area (Å²) < 4.78 is 12.6. The molecule has 1 aliphatic rings. The van der Waals surface area contributed by atoms with Gasteiger partial charge >= 0.3 is 0 Å². The lowest BCUT2D eigenvalue weighted by Gasteiger charge is -2.27. The van der Waals surface area contributed by atoms with Crippen LogP contribution < -0.4 is 10.5 Å². The highest BCUT2D eigenvalue weighted by Crippen LogP contribution is 2.39. The molecular formula is C14H21N5O5. The standard InChI is InChI=1S/C14H21N5O5/c1-6(2)23-11-8-10(17-13(15)18-11)19(5-16-8)12-14(3,22)9(21)7(4-20)24-12/h5-7,9,12,20-22H,4H2,1-3H3,(H2,15,17,18). The predicted octanol–water partition coefficient (Wildman–Crippen LogP) is -0.803. The minimum absolute atomic E-state index is 0.0169. The highest BCUT2D eigenvalue weighted by Gasteiger charge is 2.53. The summed E-state index contributed by atoms with van der Waals surface area (Å²) in [5.41, 5.74) is 4.75. The lowest BCUT2D eigenvalue weighted by molar-refractivity contribution is -0.0950. The second kappa shape index (κ2) is 5.81. The van der Waals surface area contributed by atoms with Gasteiger partial charge < -0.3 is 30.5 Å².